The first kappa shape index (κ1) is 12.4. The normalized spacial score (nSPS) is 12.8. The Hall–Kier alpha value is -0.710. The average molecular weight is 227 g/mol. The number of likely N-dealkylation sites (N-methyl/N-ethyl adjacent to an activating group) is 1. The summed E-state index contributed by atoms with van der Waals surface area (Å²) in [6.07, 6.45) is 1.26. The van der Waals surface area contributed by atoms with Crippen LogP contribution in [-0.4, -0.2) is 30.1 Å². The summed E-state index contributed by atoms with van der Waals surface area (Å²) >= 11 is 1.52. The summed E-state index contributed by atoms with van der Waals surface area (Å²) in [7, 11) is 1.77. The zero-order valence-electron chi connectivity index (χ0n) is 9.24. The number of hydrogen-bond acceptors (Lipinski definition) is 4. The van der Waals surface area contributed by atoms with Gasteiger partial charge in [-0.25, -0.2) is 0 Å². The van der Waals surface area contributed by atoms with Gasteiger partial charge in [0, 0.05) is 17.0 Å². The summed E-state index contributed by atoms with van der Waals surface area (Å²) in [6, 6.07) is 3.78. The van der Waals surface area contributed by atoms with E-state index in [4.69, 9.17) is 0 Å². The number of benzene rings is 1. The Morgan fingerprint density at radius 3 is 2.67 bits per heavy atom. The molecule has 4 heteroatoms. The van der Waals surface area contributed by atoms with Crippen LogP contribution in [0.3, 0.4) is 0 Å². The van der Waals surface area contributed by atoms with Crippen molar-refractivity contribution in [1.82, 2.24) is 5.32 Å². The molecule has 3 N–H and O–H groups in total. The molecule has 0 heterocycles. The molecule has 0 saturated carbocycles. The number of thioether (sulfide) groups is 1. The van der Waals surface area contributed by atoms with Crippen molar-refractivity contribution in [3.8, 4) is 5.75 Å². The van der Waals surface area contributed by atoms with Gasteiger partial charge in [-0.1, -0.05) is 6.07 Å². The molecule has 0 radical (unpaired) electrons. The molecule has 0 amide bonds. The Balaban J connectivity index is 3.17. The third-order valence-electron chi connectivity index (χ3n) is 2.33. The van der Waals surface area contributed by atoms with Gasteiger partial charge in [-0.05, 0) is 31.9 Å². The highest BCUT2D eigenvalue weighted by molar-refractivity contribution is 7.98. The maximum Gasteiger partial charge on any atom is 0.125 e. The van der Waals surface area contributed by atoms with Crippen LogP contribution in [0.15, 0.2) is 17.0 Å². The lowest BCUT2D eigenvalue weighted by molar-refractivity contribution is 0.171. The topological polar surface area (TPSA) is 52.5 Å². The standard InChI is InChI=1S/C11H17NO2S/c1-7-4-5-9(15-3)10(11(7)14)8(13)6-12-2/h4-5,8,12-14H,6H2,1-3H3. The minimum Gasteiger partial charge on any atom is -0.507 e. The Morgan fingerprint density at radius 2 is 2.13 bits per heavy atom. The van der Waals surface area contributed by atoms with Crippen LogP contribution in [-0.2, 0) is 0 Å². The number of phenolic OH excluding ortho intramolecular Hbond substituents is 1. The predicted octanol–water partition coefficient (Wildman–Crippen LogP) is 1.68. The van der Waals surface area contributed by atoms with Gasteiger partial charge in [0.1, 0.15) is 5.75 Å². The lowest BCUT2D eigenvalue weighted by Crippen LogP contribution is -2.17. The summed E-state index contributed by atoms with van der Waals surface area (Å²) in [6.45, 7) is 2.26. The second kappa shape index (κ2) is 5.39. The minimum absolute atomic E-state index is 0.199. The Labute approximate surface area is 94.5 Å². The first-order chi connectivity index (χ1) is 7.11. The van der Waals surface area contributed by atoms with Crippen LogP contribution in [0.1, 0.15) is 17.2 Å². The van der Waals surface area contributed by atoms with Crippen LogP contribution in [0.4, 0.5) is 0 Å². The summed E-state index contributed by atoms with van der Waals surface area (Å²) in [4.78, 5) is 0.917. The lowest BCUT2D eigenvalue weighted by atomic mass is 10.0. The molecule has 3 nitrogen and oxygen atoms in total. The Bertz CT molecular complexity index is 342. The van der Waals surface area contributed by atoms with E-state index >= 15 is 0 Å². The van der Waals surface area contributed by atoms with Gasteiger partial charge < -0.3 is 15.5 Å². The molecule has 0 aromatic heterocycles. The minimum atomic E-state index is -0.669. The molecule has 0 spiro atoms. The first-order valence-electron chi connectivity index (χ1n) is 4.81. The number of aryl methyl sites for hydroxylation is 1. The van der Waals surface area contributed by atoms with Gasteiger partial charge in [0.2, 0.25) is 0 Å². The molecule has 84 valence electrons. The molecule has 0 aliphatic rings. The van der Waals surface area contributed by atoms with Crippen molar-refractivity contribution in [2.75, 3.05) is 19.8 Å². The second-order valence-electron chi connectivity index (χ2n) is 3.42. The Morgan fingerprint density at radius 1 is 1.47 bits per heavy atom. The van der Waals surface area contributed by atoms with Gasteiger partial charge >= 0.3 is 0 Å². The quantitative estimate of drug-likeness (QED) is 0.685. The molecular formula is C11H17NO2S. The van der Waals surface area contributed by atoms with Crippen molar-refractivity contribution in [3.63, 3.8) is 0 Å². The van der Waals surface area contributed by atoms with E-state index in [0.29, 0.717) is 12.1 Å². The van der Waals surface area contributed by atoms with Crippen LogP contribution in [0, 0.1) is 6.92 Å². The summed E-state index contributed by atoms with van der Waals surface area (Å²) in [5.74, 6) is 0.199. The molecule has 1 rings (SSSR count). The van der Waals surface area contributed by atoms with Crippen LogP contribution in [0.25, 0.3) is 0 Å². The highest BCUT2D eigenvalue weighted by atomic mass is 32.2. The first-order valence-corrected chi connectivity index (χ1v) is 6.03. The summed E-state index contributed by atoms with van der Waals surface area (Å²) in [5, 5.41) is 22.7. The maximum absolute atomic E-state index is 9.91. The second-order valence-corrected chi connectivity index (χ2v) is 4.27. The fraction of sp³-hybridized carbons (Fsp3) is 0.455. The Kier molecular flexibility index (Phi) is 4.45. The van der Waals surface area contributed by atoms with E-state index in [1.165, 1.54) is 11.8 Å². The van der Waals surface area contributed by atoms with Gasteiger partial charge in [-0.15, -0.1) is 11.8 Å². The summed E-state index contributed by atoms with van der Waals surface area (Å²) < 4.78 is 0. The zero-order chi connectivity index (χ0) is 11.4. The molecule has 1 aromatic carbocycles. The van der Waals surface area contributed by atoms with Crippen LogP contribution < -0.4 is 5.32 Å². The number of aliphatic hydroxyl groups excluding tert-OH is 1. The average Bonchev–Trinajstić information content (AvgIpc) is 2.22. The number of hydrogen-bond donors (Lipinski definition) is 3. The molecular weight excluding hydrogens is 210 g/mol. The van der Waals surface area contributed by atoms with Crippen molar-refractivity contribution >= 4 is 11.8 Å². The van der Waals surface area contributed by atoms with Crippen molar-refractivity contribution in [3.05, 3.63) is 23.3 Å². The number of nitrogens with one attached hydrogen (secondary N) is 1. The highest BCUT2D eigenvalue weighted by Gasteiger charge is 2.17. The largest absolute Gasteiger partial charge is 0.507 e. The van der Waals surface area contributed by atoms with Gasteiger partial charge in [-0.2, -0.15) is 0 Å². The molecule has 0 bridgehead atoms. The third-order valence-corrected chi connectivity index (χ3v) is 3.13. The van der Waals surface area contributed by atoms with Crippen LogP contribution >= 0.6 is 11.8 Å². The SMILES string of the molecule is CNCC(O)c1c(SC)ccc(C)c1O. The molecule has 0 aliphatic heterocycles. The van der Waals surface area contributed by atoms with E-state index in [9.17, 15) is 10.2 Å². The fourth-order valence-electron chi connectivity index (χ4n) is 1.49. The number of aliphatic hydroxyl groups is 1. The molecule has 1 aromatic rings. The lowest BCUT2D eigenvalue weighted by Gasteiger charge is -2.17. The molecule has 1 atom stereocenters. The van der Waals surface area contributed by atoms with Crippen molar-refractivity contribution in [2.24, 2.45) is 0 Å². The van der Waals surface area contributed by atoms with Crippen LogP contribution in [0.5, 0.6) is 5.75 Å². The number of rotatable bonds is 4. The third kappa shape index (κ3) is 2.65. The van der Waals surface area contributed by atoms with Crippen molar-refractivity contribution < 1.29 is 10.2 Å². The zero-order valence-corrected chi connectivity index (χ0v) is 10.1. The fourth-order valence-corrected chi connectivity index (χ4v) is 2.15. The maximum atomic E-state index is 9.91. The van der Waals surface area contributed by atoms with E-state index in [-0.39, 0.29) is 5.75 Å². The van der Waals surface area contributed by atoms with E-state index in [0.717, 1.165) is 10.5 Å². The van der Waals surface area contributed by atoms with Crippen molar-refractivity contribution in [2.45, 2.75) is 17.9 Å². The van der Waals surface area contributed by atoms with E-state index in [2.05, 4.69) is 5.32 Å². The van der Waals surface area contributed by atoms with Crippen molar-refractivity contribution in [1.29, 1.82) is 0 Å². The van der Waals surface area contributed by atoms with E-state index in [1.807, 2.05) is 25.3 Å². The molecule has 0 aliphatic carbocycles. The number of phenols is 1. The van der Waals surface area contributed by atoms with E-state index in [1.54, 1.807) is 7.05 Å². The molecule has 15 heavy (non-hydrogen) atoms. The van der Waals surface area contributed by atoms with Gasteiger partial charge in [0.25, 0.3) is 0 Å². The van der Waals surface area contributed by atoms with Gasteiger partial charge in [-0.3, -0.25) is 0 Å². The van der Waals surface area contributed by atoms with Crippen LogP contribution in [0.2, 0.25) is 0 Å². The van der Waals surface area contributed by atoms with Gasteiger partial charge in [0.15, 0.2) is 0 Å². The smallest absolute Gasteiger partial charge is 0.125 e. The van der Waals surface area contributed by atoms with Gasteiger partial charge in [0.05, 0.1) is 6.10 Å². The molecule has 0 saturated heterocycles. The predicted molar refractivity (Wildman–Crippen MR) is 63.5 cm³/mol. The van der Waals surface area contributed by atoms with E-state index < -0.39 is 6.10 Å². The number of aromatic hydroxyl groups is 1. The monoisotopic (exact) mass is 227 g/mol. The molecule has 1 unspecified atom stereocenters. The molecule has 0 fully saturated rings. The highest BCUT2D eigenvalue weighted by Crippen LogP contribution is 2.35. The summed E-state index contributed by atoms with van der Waals surface area (Å²) in [5.41, 5.74) is 1.41.